The highest BCUT2D eigenvalue weighted by atomic mass is 19.3. The van der Waals surface area contributed by atoms with Gasteiger partial charge in [0.2, 0.25) is 5.92 Å². The Morgan fingerprint density at radius 3 is 2.41 bits per heavy atom. The molecule has 0 radical (unpaired) electrons. The van der Waals surface area contributed by atoms with Crippen LogP contribution in [0.3, 0.4) is 0 Å². The van der Waals surface area contributed by atoms with E-state index in [2.05, 4.69) is 5.32 Å². The average molecular weight is 247 g/mol. The van der Waals surface area contributed by atoms with Gasteiger partial charge in [-0.2, -0.15) is 0 Å². The molecule has 2 saturated carbocycles. The van der Waals surface area contributed by atoms with Crippen molar-refractivity contribution in [2.45, 2.75) is 50.9 Å². The summed E-state index contributed by atoms with van der Waals surface area (Å²) in [4.78, 5) is 0. The summed E-state index contributed by atoms with van der Waals surface area (Å²) in [6.07, 6.45) is 5.21. The Balaban J connectivity index is 1.69. The molecule has 100 valence electrons. The number of nitrogens with one attached hydrogen (secondary N) is 1. The Bertz CT molecular complexity index is 252. The predicted molar refractivity (Wildman–Crippen MR) is 63.1 cm³/mol. The first-order valence-corrected chi connectivity index (χ1v) is 6.75. The van der Waals surface area contributed by atoms with Crippen LogP contribution in [0.2, 0.25) is 0 Å². The van der Waals surface area contributed by atoms with Crippen molar-refractivity contribution in [3.8, 4) is 0 Å². The number of halogens is 2. The Morgan fingerprint density at radius 2 is 1.88 bits per heavy atom. The third kappa shape index (κ3) is 3.38. The maximum absolute atomic E-state index is 13.0. The summed E-state index contributed by atoms with van der Waals surface area (Å²) in [6.45, 7) is 1.68. The van der Waals surface area contributed by atoms with E-state index in [0.717, 1.165) is 19.4 Å². The van der Waals surface area contributed by atoms with Gasteiger partial charge in [0.25, 0.3) is 0 Å². The third-order valence-electron chi connectivity index (χ3n) is 4.44. The monoisotopic (exact) mass is 247 g/mol. The van der Waals surface area contributed by atoms with Crippen LogP contribution in [0.1, 0.15) is 44.9 Å². The minimum absolute atomic E-state index is 0.0289. The normalized spacial score (nSPS) is 30.9. The fourth-order valence-electron chi connectivity index (χ4n) is 3.27. The Kier molecular flexibility index (Phi) is 4.03. The van der Waals surface area contributed by atoms with Crippen molar-refractivity contribution in [2.24, 2.45) is 11.3 Å². The van der Waals surface area contributed by atoms with Crippen molar-refractivity contribution in [1.82, 2.24) is 5.32 Å². The lowest BCUT2D eigenvalue weighted by Gasteiger charge is -2.27. The van der Waals surface area contributed by atoms with Gasteiger partial charge in [0, 0.05) is 31.4 Å². The van der Waals surface area contributed by atoms with Gasteiger partial charge in [0.05, 0.1) is 0 Å². The summed E-state index contributed by atoms with van der Waals surface area (Å²) < 4.78 is 26.0. The van der Waals surface area contributed by atoms with Gasteiger partial charge in [0.1, 0.15) is 0 Å². The van der Waals surface area contributed by atoms with E-state index in [-0.39, 0.29) is 30.8 Å². The first-order chi connectivity index (χ1) is 8.05. The molecule has 1 unspecified atom stereocenters. The summed E-state index contributed by atoms with van der Waals surface area (Å²) in [5.41, 5.74) is 0.0289. The van der Waals surface area contributed by atoms with Crippen LogP contribution >= 0.6 is 0 Å². The van der Waals surface area contributed by atoms with E-state index in [1.165, 1.54) is 12.8 Å². The molecule has 0 bridgehead atoms. The van der Waals surface area contributed by atoms with Crippen molar-refractivity contribution >= 4 is 0 Å². The topological polar surface area (TPSA) is 32.3 Å². The fourth-order valence-corrected chi connectivity index (χ4v) is 3.27. The Labute approximate surface area is 102 Å². The number of aliphatic hydroxyl groups excluding tert-OH is 1. The third-order valence-corrected chi connectivity index (χ3v) is 4.44. The SMILES string of the molecule is OCC1(CNCC2CCC(F)(F)C2)CCCC1. The molecular weight excluding hydrogens is 224 g/mol. The summed E-state index contributed by atoms with van der Waals surface area (Å²) in [5, 5.41) is 12.7. The summed E-state index contributed by atoms with van der Waals surface area (Å²) >= 11 is 0. The molecule has 0 spiro atoms. The number of hydrogen-bond donors (Lipinski definition) is 2. The maximum atomic E-state index is 13.0. The zero-order chi connectivity index (χ0) is 12.4. The molecule has 0 aromatic rings. The van der Waals surface area contributed by atoms with Gasteiger partial charge in [-0.1, -0.05) is 12.8 Å². The molecule has 2 N–H and O–H groups in total. The van der Waals surface area contributed by atoms with Crippen LogP contribution in [0.5, 0.6) is 0 Å². The van der Waals surface area contributed by atoms with Crippen molar-refractivity contribution in [3.05, 3.63) is 0 Å². The highest BCUT2D eigenvalue weighted by Gasteiger charge is 2.39. The van der Waals surface area contributed by atoms with E-state index in [0.29, 0.717) is 13.0 Å². The van der Waals surface area contributed by atoms with E-state index in [1.807, 2.05) is 0 Å². The van der Waals surface area contributed by atoms with Gasteiger partial charge in [-0.25, -0.2) is 8.78 Å². The molecule has 1 atom stereocenters. The van der Waals surface area contributed by atoms with Gasteiger partial charge in [-0.15, -0.1) is 0 Å². The van der Waals surface area contributed by atoms with Crippen molar-refractivity contribution in [2.75, 3.05) is 19.7 Å². The second-order valence-electron chi connectivity index (χ2n) is 5.96. The number of rotatable bonds is 5. The molecule has 0 aromatic carbocycles. The van der Waals surface area contributed by atoms with E-state index >= 15 is 0 Å². The summed E-state index contributed by atoms with van der Waals surface area (Å²) in [6, 6.07) is 0. The van der Waals surface area contributed by atoms with Gasteiger partial charge in [0.15, 0.2) is 0 Å². The van der Waals surface area contributed by atoms with Crippen LogP contribution in [-0.4, -0.2) is 30.7 Å². The minimum atomic E-state index is -2.44. The zero-order valence-corrected chi connectivity index (χ0v) is 10.4. The molecule has 0 saturated heterocycles. The number of aliphatic hydroxyl groups is 1. The number of hydrogen-bond acceptors (Lipinski definition) is 2. The van der Waals surface area contributed by atoms with Gasteiger partial charge >= 0.3 is 0 Å². The van der Waals surface area contributed by atoms with Gasteiger partial charge in [-0.3, -0.25) is 0 Å². The highest BCUT2D eigenvalue weighted by molar-refractivity contribution is 4.87. The van der Waals surface area contributed by atoms with Crippen molar-refractivity contribution in [3.63, 3.8) is 0 Å². The van der Waals surface area contributed by atoms with E-state index in [9.17, 15) is 13.9 Å². The van der Waals surface area contributed by atoms with Gasteiger partial charge in [-0.05, 0) is 31.7 Å². The molecule has 2 aliphatic carbocycles. The second-order valence-corrected chi connectivity index (χ2v) is 5.96. The molecule has 2 rings (SSSR count). The van der Waals surface area contributed by atoms with Crippen LogP contribution in [0, 0.1) is 11.3 Å². The van der Waals surface area contributed by atoms with Gasteiger partial charge < -0.3 is 10.4 Å². The Hall–Kier alpha value is -0.220. The molecule has 0 heterocycles. The average Bonchev–Trinajstić information content (AvgIpc) is 2.87. The molecule has 4 heteroatoms. The zero-order valence-electron chi connectivity index (χ0n) is 10.4. The van der Waals surface area contributed by atoms with Crippen LogP contribution in [-0.2, 0) is 0 Å². The van der Waals surface area contributed by atoms with Crippen molar-refractivity contribution in [1.29, 1.82) is 0 Å². The molecule has 2 fully saturated rings. The smallest absolute Gasteiger partial charge is 0.248 e. The minimum Gasteiger partial charge on any atom is -0.396 e. The van der Waals surface area contributed by atoms with Crippen LogP contribution in [0.4, 0.5) is 8.78 Å². The molecule has 2 nitrogen and oxygen atoms in total. The van der Waals surface area contributed by atoms with Crippen LogP contribution in [0.25, 0.3) is 0 Å². The molecular formula is C13H23F2NO. The number of alkyl halides is 2. The first-order valence-electron chi connectivity index (χ1n) is 6.75. The van der Waals surface area contributed by atoms with Crippen LogP contribution in [0.15, 0.2) is 0 Å². The summed E-state index contributed by atoms with van der Waals surface area (Å²) in [5.74, 6) is -2.32. The van der Waals surface area contributed by atoms with E-state index in [1.54, 1.807) is 0 Å². The van der Waals surface area contributed by atoms with Crippen LogP contribution < -0.4 is 5.32 Å². The fraction of sp³-hybridized carbons (Fsp3) is 1.00. The highest BCUT2D eigenvalue weighted by Crippen LogP contribution is 2.39. The van der Waals surface area contributed by atoms with E-state index < -0.39 is 5.92 Å². The predicted octanol–water partition coefficient (Wildman–Crippen LogP) is 2.56. The first kappa shape index (κ1) is 13.2. The lowest BCUT2D eigenvalue weighted by Crippen LogP contribution is -2.37. The quantitative estimate of drug-likeness (QED) is 0.782. The molecule has 17 heavy (non-hydrogen) atoms. The molecule has 0 aromatic heterocycles. The van der Waals surface area contributed by atoms with E-state index in [4.69, 9.17) is 0 Å². The maximum Gasteiger partial charge on any atom is 0.248 e. The summed E-state index contributed by atoms with van der Waals surface area (Å²) in [7, 11) is 0. The lowest BCUT2D eigenvalue weighted by atomic mass is 9.87. The molecule has 2 aliphatic rings. The lowest BCUT2D eigenvalue weighted by molar-refractivity contribution is 0.00491. The molecule has 0 aliphatic heterocycles. The second kappa shape index (κ2) is 5.19. The Morgan fingerprint density at radius 1 is 1.18 bits per heavy atom. The largest absolute Gasteiger partial charge is 0.396 e. The van der Waals surface area contributed by atoms with Crippen molar-refractivity contribution < 1.29 is 13.9 Å². The molecule has 0 amide bonds. The standard InChI is InChI=1S/C13H23F2NO/c14-13(15)6-3-11(7-13)8-16-9-12(10-17)4-1-2-5-12/h11,16-17H,1-10H2.